The highest BCUT2D eigenvalue weighted by Gasteiger charge is 2.12. The molecule has 0 saturated carbocycles. The molecule has 0 N–H and O–H groups in total. The first-order chi connectivity index (χ1) is 6.66. The fourth-order valence-electron chi connectivity index (χ4n) is 1.01. The molecule has 0 radical (unpaired) electrons. The third kappa shape index (κ3) is 1.97. The fraction of sp³-hybridized carbons (Fsp3) is 0. The number of halogens is 2. The van der Waals surface area contributed by atoms with E-state index in [0.717, 1.165) is 14.5 Å². The lowest BCUT2D eigenvalue weighted by atomic mass is 10.2. The summed E-state index contributed by atoms with van der Waals surface area (Å²) in [4.78, 5) is 4.02. The van der Waals surface area contributed by atoms with E-state index in [0.29, 0.717) is 5.84 Å². The highest BCUT2D eigenvalue weighted by atomic mass is 79.9. The molecular formula is C8H3Br2N3S. The summed E-state index contributed by atoms with van der Waals surface area (Å²) in [6, 6.07) is 5.74. The molecule has 0 aliphatic carbocycles. The van der Waals surface area contributed by atoms with Crippen molar-refractivity contribution < 1.29 is 0 Å². The van der Waals surface area contributed by atoms with Crippen molar-refractivity contribution in [2.24, 2.45) is 15.2 Å². The van der Waals surface area contributed by atoms with Gasteiger partial charge in [-0.3, -0.25) is 0 Å². The fourth-order valence-corrected chi connectivity index (χ4v) is 2.36. The zero-order chi connectivity index (χ0) is 10.1. The van der Waals surface area contributed by atoms with Gasteiger partial charge in [0.1, 0.15) is 0 Å². The van der Waals surface area contributed by atoms with Crippen molar-refractivity contribution in [3.05, 3.63) is 32.7 Å². The van der Waals surface area contributed by atoms with Crippen molar-refractivity contribution in [2.45, 2.75) is 0 Å². The lowest BCUT2D eigenvalue weighted by molar-refractivity contribution is 1.39. The molecule has 3 nitrogen and oxygen atoms in total. The van der Waals surface area contributed by atoms with Gasteiger partial charge >= 0.3 is 0 Å². The van der Waals surface area contributed by atoms with Gasteiger partial charge in [0.2, 0.25) is 5.11 Å². The highest BCUT2D eigenvalue weighted by Crippen LogP contribution is 2.24. The highest BCUT2D eigenvalue weighted by molar-refractivity contribution is 9.11. The second-order valence-electron chi connectivity index (χ2n) is 2.54. The normalized spacial score (nSPS) is 14.7. The molecule has 1 aromatic rings. The van der Waals surface area contributed by atoms with Crippen LogP contribution < -0.4 is 0 Å². The van der Waals surface area contributed by atoms with Crippen molar-refractivity contribution in [1.82, 2.24) is 0 Å². The van der Waals surface area contributed by atoms with Gasteiger partial charge in [-0.05, 0) is 46.3 Å². The molecule has 1 heterocycles. The minimum Gasteiger partial charge on any atom is -0.195 e. The molecule has 0 saturated heterocycles. The first kappa shape index (κ1) is 10.1. The van der Waals surface area contributed by atoms with Crippen LogP contribution >= 0.6 is 44.1 Å². The van der Waals surface area contributed by atoms with E-state index in [1.165, 1.54) is 0 Å². The van der Waals surface area contributed by atoms with Gasteiger partial charge in [0.25, 0.3) is 0 Å². The summed E-state index contributed by atoms with van der Waals surface area (Å²) in [7, 11) is 0. The molecule has 2 rings (SSSR count). The van der Waals surface area contributed by atoms with E-state index in [-0.39, 0.29) is 5.11 Å². The molecule has 14 heavy (non-hydrogen) atoms. The summed E-state index contributed by atoms with van der Waals surface area (Å²) in [6.45, 7) is 0. The first-order valence-corrected chi connectivity index (χ1v) is 5.66. The van der Waals surface area contributed by atoms with Crippen LogP contribution in [0, 0.1) is 0 Å². The smallest absolute Gasteiger partial charge is 0.195 e. The second-order valence-corrected chi connectivity index (χ2v) is 4.68. The van der Waals surface area contributed by atoms with Gasteiger partial charge in [-0.2, -0.15) is 4.99 Å². The standard InChI is InChI=1S/C8H3Br2N3S/c9-4-1-2-5(6(10)3-4)7-11-8(14)13-12-7/h1-3H. The van der Waals surface area contributed by atoms with Crippen molar-refractivity contribution in [3.63, 3.8) is 0 Å². The van der Waals surface area contributed by atoms with Crippen LogP contribution in [0.4, 0.5) is 0 Å². The van der Waals surface area contributed by atoms with Gasteiger partial charge in [-0.1, -0.05) is 15.9 Å². The van der Waals surface area contributed by atoms with Crippen LogP contribution in [-0.2, 0) is 0 Å². The average Bonchev–Trinajstić information content (AvgIpc) is 2.51. The van der Waals surface area contributed by atoms with Crippen LogP contribution in [0.25, 0.3) is 0 Å². The van der Waals surface area contributed by atoms with Gasteiger partial charge in [-0.15, -0.1) is 10.2 Å². The summed E-state index contributed by atoms with van der Waals surface area (Å²) in [5.41, 5.74) is 0.886. The average molecular weight is 333 g/mol. The summed E-state index contributed by atoms with van der Waals surface area (Å²) in [6.07, 6.45) is 0. The number of nitrogens with zero attached hydrogens (tertiary/aromatic N) is 3. The maximum atomic E-state index is 4.79. The molecule has 0 spiro atoms. The quantitative estimate of drug-likeness (QED) is 0.722. The molecule has 0 fully saturated rings. The second kappa shape index (κ2) is 3.96. The van der Waals surface area contributed by atoms with Gasteiger partial charge in [0, 0.05) is 14.5 Å². The van der Waals surface area contributed by atoms with Gasteiger partial charge in [0.05, 0.1) is 0 Å². The van der Waals surface area contributed by atoms with Crippen LogP contribution in [-0.4, -0.2) is 10.9 Å². The summed E-state index contributed by atoms with van der Waals surface area (Å²) >= 11 is 11.6. The van der Waals surface area contributed by atoms with Crippen molar-refractivity contribution >= 4 is 55.0 Å². The largest absolute Gasteiger partial charge is 0.242 e. The Morgan fingerprint density at radius 1 is 1.14 bits per heavy atom. The lowest BCUT2D eigenvalue weighted by Crippen LogP contribution is -1.95. The Morgan fingerprint density at radius 2 is 1.93 bits per heavy atom. The molecule has 70 valence electrons. The Balaban J connectivity index is 2.48. The van der Waals surface area contributed by atoms with Crippen LogP contribution in [0.3, 0.4) is 0 Å². The van der Waals surface area contributed by atoms with Crippen LogP contribution in [0.1, 0.15) is 5.56 Å². The van der Waals surface area contributed by atoms with E-state index in [1.54, 1.807) is 0 Å². The molecule has 1 aromatic carbocycles. The van der Waals surface area contributed by atoms with Crippen LogP contribution in [0.2, 0.25) is 0 Å². The van der Waals surface area contributed by atoms with E-state index < -0.39 is 0 Å². The van der Waals surface area contributed by atoms with Crippen molar-refractivity contribution in [2.75, 3.05) is 0 Å². The van der Waals surface area contributed by atoms with Gasteiger partial charge in [-0.25, -0.2) is 0 Å². The van der Waals surface area contributed by atoms with Gasteiger partial charge in [0.15, 0.2) is 5.84 Å². The molecule has 1 aliphatic heterocycles. The van der Waals surface area contributed by atoms with Crippen molar-refractivity contribution in [3.8, 4) is 0 Å². The van der Waals surface area contributed by atoms with E-state index >= 15 is 0 Å². The van der Waals surface area contributed by atoms with Crippen LogP contribution in [0.5, 0.6) is 0 Å². The molecule has 0 amide bonds. The van der Waals surface area contributed by atoms with Gasteiger partial charge < -0.3 is 0 Å². The number of thiocarbonyl (C=S) groups is 1. The maximum absolute atomic E-state index is 4.79. The number of azo groups is 1. The summed E-state index contributed by atoms with van der Waals surface area (Å²) < 4.78 is 1.90. The number of benzene rings is 1. The van der Waals surface area contributed by atoms with Crippen LogP contribution in [0.15, 0.2) is 42.4 Å². The number of rotatable bonds is 1. The zero-order valence-corrected chi connectivity index (χ0v) is 10.7. The maximum Gasteiger partial charge on any atom is 0.242 e. The number of amidine groups is 1. The Labute approximate surface area is 103 Å². The predicted molar refractivity (Wildman–Crippen MR) is 65.8 cm³/mol. The Bertz CT molecular complexity index is 468. The van der Waals surface area contributed by atoms with Crippen molar-refractivity contribution in [1.29, 1.82) is 0 Å². The molecule has 0 bridgehead atoms. The monoisotopic (exact) mass is 331 g/mol. The Hall–Kier alpha value is -0.460. The molecule has 0 unspecified atom stereocenters. The third-order valence-electron chi connectivity index (χ3n) is 1.60. The number of hydrogen-bond donors (Lipinski definition) is 0. The van der Waals surface area contributed by atoms with E-state index in [4.69, 9.17) is 12.2 Å². The molecule has 6 heteroatoms. The topological polar surface area (TPSA) is 37.1 Å². The molecular weight excluding hydrogens is 330 g/mol. The molecule has 0 aromatic heterocycles. The minimum atomic E-state index is 0.273. The third-order valence-corrected chi connectivity index (χ3v) is 2.93. The molecule has 1 aliphatic rings. The number of hydrogen-bond acceptors (Lipinski definition) is 2. The predicted octanol–water partition coefficient (Wildman–Crippen LogP) is 3.71. The van der Waals surface area contributed by atoms with E-state index in [1.807, 2.05) is 18.2 Å². The SMILES string of the molecule is S=C1N=NC(c2ccc(Br)cc2Br)=N1. The van der Waals surface area contributed by atoms with E-state index in [2.05, 4.69) is 47.1 Å². The molecule has 0 atom stereocenters. The summed E-state index contributed by atoms with van der Waals surface area (Å²) in [5.74, 6) is 0.550. The summed E-state index contributed by atoms with van der Waals surface area (Å²) in [5, 5.41) is 7.82. The first-order valence-electron chi connectivity index (χ1n) is 3.66. The zero-order valence-electron chi connectivity index (χ0n) is 6.74. The number of aliphatic imine (C=N–C) groups is 1. The van der Waals surface area contributed by atoms with E-state index in [9.17, 15) is 0 Å². The lowest BCUT2D eigenvalue weighted by Gasteiger charge is -2.00. The minimum absolute atomic E-state index is 0.273. The Morgan fingerprint density at radius 3 is 2.50 bits per heavy atom. The Kier molecular flexibility index (Phi) is 2.85.